The standard InChI is InChI=1S/C18H16N6O/c1-11(25)6-2-5-9-15-16-13-8-4-3-7-12(13)14-10-19-23-21-17(14)18(16)22-24-20-15/h3-4,7-8,10H,2,5-6,9H2,1H3. The first kappa shape index (κ1) is 15.4. The van der Waals surface area contributed by atoms with Gasteiger partial charge in [-0.05, 0) is 47.4 Å². The van der Waals surface area contributed by atoms with E-state index in [1.807, 2.05) is 18.2 Å². The van der Waals surface area contributed by atoms with Crippen molar-refractivity contribution in [2.24, 2.45) is 0 Å². The van der Waals surface area contributed by atoms with E-state index in [1.165, 1.54) is 0 Å². The minimum absolute atomic E-state index is 0.213. The monoisotopic (exact) mass is 332 g/mol. The molecule has 0 N–H and O–H groups in total. The number of benzene rings is 2. The first-order valence-electron chi connectivity index (χ1n) is 8.26. The maximum atomic E-state index is 11.1. The highest BCUT2D eigenvalue weighted by atomic mass is 16.1. The normalized spacial score (nSPS) is 11.4. The van der Waals surface area contributed by atoms with Crippen LogP contribution in [-0.4, -0.2) is 36.6 Å². The van der Waals surface area contributed by atoms with Gasteiger partial charge >= 0.3 is 0 Å². The molecule has 0 aliphatic rings. The number of aryl methyl sites for hydroxylation is 1. The number of Topliss-reactive ketones (excluding diaryl/α,β-unsaturated/α-hetero) is 1. The molecule has 2 heterocycles. The van der Waals surface area contributed by atoms with Crippen molar-refractivity contribution in [1.82, 2.24) is 30.8 Å². The van der Waals surface area contributed by atoms with Crippen molar-refractivity contribution in [2.75, 3.05) is 0 Å². The van der Waals surface area contributed by atoms with Crippen molar-refractivity contribution in [1.29, 1.82) is 0 Å². The van der Waals surface area contributed by atoms with Crippen LogP contribution >= 0.6 is 0 Å². The Bertz CT molecular complexity index is 1050. The van der Waals surface area contributed by atoms with Crippen LogP contribution in [0.25, 0.3) is 32.6 Å². The molecular formula is C18H16N6O. The number of rotatable bonds is 5. The third-order valence-corrected chi connectivity index (χ3v) is 4.38. The summed E-state index contributed by atoms with van der Waals surface area (Å²) < 4.78 is 0. The van der Waals surface area contributed by atoms with E-state index in [9.17, 15) is 4.79 Å². The van der Waals surface area contributed by atoms with Gasteiger partial charge in [0, 0.05) is 17.2 Å². The molecule has 25 heavy (non-hydrogen) atoms. The third-order valence-electron chi connectivity index (χ3n) is 4.38. The number of unbranched alkanes of at least 4 members (excludes halogenated alkanes) is 1. The van der Waals surface area contributed by atoms with Crippen LogP contribution in [0.1, 0.15) is 31.9 Å². The molecule has 2 aromatic carbocycles. The number of aromatic nitrogens is 6. The molecule has 0 amide bonds. The van der Waals surface area contributed by atoms with Crippen LogP contribution in [0, 0.1) is 0 Å². The molecule has 124 valence electrons. The van der Waals surface area contributed by atoms with Gasteiger partial charge in [-0.15, -0.1) is 20.4 Å². The Morgan fingerprint density at radius 3 is 2.56 bits per heavy atom. The van der Waals surface area contributed by atoms with Crippen LogP contribution in [0.2, 0.25) is 0 Å². The first-order valence-corrected chi connectivity index (χ1v) is 8.26. The number of carbonyl (C=O) groups is 1. The van der Waals surface area contributed by atoms with Gasteiger partial charge < -0.3 is 4.79 Å². The summed E-state index contributed by atoms with van der Waals surface area (Å²) in [5, 5.41) is 28.3. The fraction of sp³-hybridized carbons (Fsp3) is 0.278. The fourth-order valence-electron chi connectivity index (χ4n) is 3.23. The van der Waals surface area contributed by atoms with E-state index in [0.29, 0.717) is 17.5 Å². The number of carbonyl (C=O) groups excluding carboxylic acids is 1. The summed E-state index contributed by atoms with van der Waals surface area (Å²) in [5.41, 5.74) is 2.26. The van der Waals surface area contributed by atoms with Crippen LogP contribution < -0.4 is 0 Å². The highest BCUT2D eigenvalue weighted by molar-refractivity contribution is 6.23. The predicted octanol–water partition coefficient (Wildman–Crippen LogP) is 2.82. The third kappa shape index (κ3) is 2.77. The van der Waals surface area contributed by atoms with Crippen molar-refractivity contribution in [3.63, 3.8) is 0 Å². The lowest BCUT2D eigenvalue weighted by Crippen LogP contribution is -2.02. The molecule has 7 nitrogen and oxygen atoms in total. The summed E-state index contributed by atoms with van der Waals surface area (Å²) in [5.74, 6) is 0.213. The first-order chi connectivity index (χ1) is 12.3. The topological polar surface area (TPSA) is 94.4 Å². The van der Waals surface area contributed by atoms with Crippen molar-refractivity contribution < 1.29 is 4.79 Å². The zero-order valence-electron chi connectivity index (χ0n) is 13.8. The van der Waals surface area contributed by atoms with Crippen LogP contribution in [0.4, 0.5) is 0 Å². The molecule has 0 saturated carbocycles. The number of hydrogen-bond donors (Lipinski definition) is 0. The van der Waals surface area contributed by atoms with Crippen molar-refractivity contribution in [2.45, 2.75) is 32.6 Å². The highest BCUT2D eigenvalue weighted by Gasteiger charge is 2.15. The van der Waals surface area contributed by atoms with Gasteiger partial charge in [-0.3, -0.25) is 0 Å². The smallest absolute Gasteiger partial charge is 0.129 e. The lowest BCUT2D eigenvalue weighted by atomic mass is 9.98. The van der Waals surface area contributed by atoms with Gasteiger partial charge in [0.25, 0.3) is 0 Å². The lowest BCUT2D eigenvalue weighted by molar-refractivity contribution is -0.117. The average molecular weight is 332 g/mol. The summed E-state index contributed by atoms with van der Waals surface area (Å²) >= 11 is 0. The zero-order chi connectivity index (χ0) is 17.2. The zero-order valence-corrected chi connectivity index (χ0v) is 13.8. The molecule has 7 heteroatoms. The molecule has 0 fully saturated rings. The van der Waals surface area contributed by atoms with Gasteiger partial charge in [-0.25, -0.2) is 0 Å². The Balaban J connectivity index is 1.92. The molecule has 0 spiro atoms. The second-order valence-electron chi connectivity index (χ2n) is 6.11. The van der Waals surface area contributed by atoms with E-state index in [0.717, 1.165) is 46.5 Å². The van der Waals surface area contributed by atoms with Crippen LogP contribution in [0.5, 0.6) is 0 Å². The number of fused-ring (bicyclic) bond motifs is 6. The van der Waals surface area contributed by atoms with Crippen LogP contribution in [0.15, 0.2) is 30.5 Å². The molecule has 0 bridgehead atoms. The SMILES string of the molecule is CC(=O)CCCCc1nnnc2c3nnncc3c3ccccc3c12. The van der Waals surface area contributed by atoms with Crippen molar-refractivity contribution in [3.8, 4) is 0 Å². The maximum Gasteiger partial charge on any atom is 0.129 e. The van der Waals surface area contributed by atoms with Gasteiger partial charge in [0.05, 0.1) is 11.9 Å². The highest BCUT2D eigenvalue weighted by Crippen LogP contribution is 2.33. The molecule has 0 saturated heterocycles. The maximum absolute atomic E-state index is 11.1. The van der Waals surface area contributed by atoms with Crippen LogP contribution in [0.3, 0.4) is 0 Å². The minimum Gasteiger partial charge on any atom is -0.300 e. The van der Waals surface area contributed by atoms with Gasteiger partial charge in [-0.1, -0.05) is 24.3 Å². The number of ketones is 1. The minimum atomic E-state index is 0.213. The second-order valence-corrected chi connectivity index (χ2v) is 6.11. The Labute approximate surface area is 143 Å². The Morgan fingerprint density at radius 2 is 1.72 bits per heavy atom. The molecule has 2 aromatic heterocycles. The summed E-state index contributed by atoms with van der Waals surface area (Å²) in [4.78, 5) is 11.1. The van der Waals surface area contributed by atoms with Gasteiger partial charge in [0.15, 0.2) is 0 Å². The average Bonchev–Trinajstić information content (AvgIpc) is 2.65. The van der Waals surface area contributed by atoms with E-state index in [1.54, 1.807) is 13.1 Å². The van der Waals surface area contributed by atoms with E-state index < -0.39 is 0 Å². The molecule has 4 rings (SSSR count). The largest absolute Gasteiger partial charge is 0.300 e. The number of nitrogens with zero attached hydrogens (tertiary/aromatic N) is 6. The molecule has 0 radical (unpaired) electrons. The molecule has 4 aromatic rings. The molecular weight excluding hydrogens is 316 g/mol. The van der Waals surface area contributed by atoms with E-state index >= 15 is 0 Å². The lowest BCUT2D eigenvalue weighted by Gasteiger charge is -2.10. The summed E-state index contributed by atoms with van der Waals surface area (Å²) in [6.45, 7) is 1.62. The van der Waals surface area contributed by atoms with Crippen molar-refractivity contribution >= 4 is 38.4 Å². The van der Waals surface area contributed by atoms with Gasteiger partial charge in [0.1, 0.15) is 16.8 Å². The fourth-order valence-corrected chi connectivity index (χ4v) is 3.23. The Hall–Kier alpha value is -3.09. The summed E-state index contributed by atoms with van der Waals surface area (Å²) in [6, 6.07) is 8.08. The van der Waals surface area contributed by atoms with Crippen LogP contribution in [-0.2, 0) is 11.2 Å². The molecule has 0 unspecified atom stereocenters. The molecule has 0 atom stereocenters. The van der Waals surface area contributed by atoms with E-state index in [-0.39, 0.29) is 5.78 Å². The molecule has 0 aliphatic heterocycles. The Kier molecular flexibility index (Phi) is 3.97. The Morgan fingerprint density at radius 1 is 0.920 bits per heavy atom. The second kappa shape index (κ2) is 6.43. The van der Waals surface area contributed by atoms with E-state index in [4.69, 9.17) is 0 Å². The summed E-state index contributed by atoms with van der Waals surface area (Å²) in [6.07, 6.45) is 4.77. The van der Waals surface area contributed by atoms with Crippen molar-refractivity contribution in [3.05, 3.63) is 36.2 Å². The number of hydrogen-bond acceptors (Lipinski definition) is 7. The molecule has 0 aliphatic carbocycles. The predicted molar refractivity (Wildman–Crippen MR) is 94.0 cm³/mol. The van der Waals surface area contributed by atoms with E-state index in [2.05, 4.69) is 36.9 Å². The summed E-state index contributed by atoms with van der Waals surface area (Å²) in [7, 11) is 0. The quantitative estimate of drug-likeness (QED) is 0.409. The van der Waals surface area contributed by atoms with Gasteiger partial charge in [-0.2, -0.15) is 0 Å². The van der Waals surface area contributed by atoms with Gasteiger partial charge in [0.2, 0.25) is 0 Å².